The molecule has 2 aromatic rings. The van der Waals surface area contributed by atoms with Crippen molar-refractivity contribution in [3.05, 3.63) is 64.7 Å². The average Bonchev–Trinajstić information content (AvgIpc) is 2.74. The van der Waals surface area contributed by atoms with Crippen LogP contribution in [0, 0.1) is 0 Å². The fraction of sp³-hybridized carbons (Fsp3) is 0.292. The van der Waals surface area contributed by atoms with Crippen molar-refractivity contribution in [2.24, 2.45) is 0 Å². The summed E-state index contributed by atoms with van der Waals surface area (Å²) in [6.07, 6.45) is 6.22. The summed E-state index contributed by atoms with van der Waals surface area (Å²) in [6.45, 7) is 3.84. The standard InChI is InChI=1S/C24H29NO7S/c1-16(2)6-12-19-21(32-15-30-3)14-22(31-4)23(24(19)27)20(26)13-9-17-7-10-18(11-8-17)25-33(5,28)29/h6-11,13-14,25,27H,12,15H2,1-5H3. The Morgan fingerprint density at radius 3 is 2.33 bits per heavy atom. The fourth-order valence-corrected chi connectivity index (χ4v) is 3.51. The van der Waals surface area contributed by atoms with Crippen molar-refractivity contribution in [2.45, 2.75) is 20.3 Å². The maximum Gasteiger partial charge on any atom is 0.229 e. The van der Waals surface area contributed by atoms with Crippen molar-refractivity contribution in [3.63, 3.8) is 0 Å². The van der Waals surface area contributed by atoms with Crippen molar-refractivity contribution in [1.82, 2.24) is 0 Å². The monoisotopic (exact) mass is 475 g/mol. The maximum absolute atomic E-state index is 13.0. The topological polar surface area (TPSA) is 111 Å². The third-order valence-corrected chi connectivity index (χ3v) is 5.09. The zero-order chi connectivity index (χ0) is 24.6. The Labute approximate surface area is 194 Å². The number of carbonyl (C=O) groups is 1. The Morgan fingerprint density at radius 1 is 1.12 bits per heavy atom. The van der Waals surface area contributed by atoms with Gasteiger partial charge in [0.05, 0.1) is 13.4 Å². The summed E-state index contributed by atoms with van der Waals surface area (Å²) < 4.78 is 40.9. The molecular formula is C24H29NO7S. The highest BCUT2D eigenvalue weighted by atomic mass is 32.2. The molecule has 0 aliphatic carbocycles. The van der Waals surface area contributed by atoms with Crippen LogP contribution in [-0.4, -0.2) is 46.6 Å². The summed E-state index contributed by atoms with van der Waals surface area (Å²) in [7, 11) is -0.487. The van der Waals surface area contributed by atoms with E-state index in [0.717, 1.165) is 11.8 Å². The fourth-order valence-electron chi connectivity index (χ4n) is 2.95. The van der Waals surface area contributed by atoms with E-state index in [4.69, 9.17) is 14.2 Å². The molecule has 2 rings (SSSR count). The van der Waals surface area contributed by atoms with Crippen LogP contribution in [0.3, 0.4) is 0 Å². The van der Waals surface area contributed by atoms with Crippen LogP contribution in [0.5, 0.6) is 17.2 Å². The first-order chi connectivity index (χ1) is 15.6. The van der Waals surface area contributed by atoms with Gasteiger partial charge in [-0.05, 0) is 44.0 Å². The summed E-state index contributed by atoms with van der Waals surface area (Å²) in [5.41, 5.74) is 2.60. The third-order valence-electron chi connectivity index (χ3n) is 4.48. The second-order valence-electron chi connectivity index (χ2n) is 7.51. The Hall–Kier alpha value is -3.30. The van der Waals surface area contributed by atoms with Gasteiger partial charge >= 0.3 is 0 Å². The molecule has 0 aliphatic rings. The van der Waals surface area contributed by atoms with Gasteiger partial charge in [-0.15, -0.1) is 0 Å². The number of nitrogens with one attached hydrogen (secondary N) is 1. The lowest BCUT2D eigenvalue weighted by molar-refractivity contribution is 0.0502. The second-order valence-corrected chi connectivity index (χ2v) is 9.26. The van der Waals surface area contributed by atoms with Crippen LogP contribution in [0.4, 0.5) is 5.69 Å². The number of ether oxygens (including phenoxy) is 3. The van der Waals surface area contributed by atoms with Gasteiger partial charge in [-0.3, -0.25) is 9.52 Å². The number of methoxy groups -OCH3 is 2. The number of sulfonamides is 1. The molecule has 0 amide bonds. The Bertz CT molecular complexity index is 1150. The van der Waals surface area contributed by atoms with E-state index < -0.39 is 15.8 Å². The minimum atomic E-state index is -3.37. The van der Waals surface area contributed by atoms with Gasteiger partial charge in [-0.25, -0.2) is 8.42 Å². The number of hydrogen-bond donors (Lipinski definition) is 2. The molecule has 0 saturated heterocycles. The molecule has 2 N–H and O–H groups in total. The highest BCUT2D eigenvalue weighted by Crippen LogP contribution is 2.40. The molecule has 0 atom stereocenters. The van der Waals surface area contributed by atoms with Crippen LogP contribution >= 0.6 is 0 Å². The Balaban J connectivity index is 2.39. The molecule has 178 valence electrons. The first-order valence-electron chi connectivity index (χ1n) is 10.0. The number of allylic oxidation sites excluding steroid dienone is 3. The molecule has 8 nitrogen and oxygen atoms in total. The zero-order valence-electron chi connectivity index (χ0n) is 19.3. The molecule has 0 bridgehead atoms. The van der Waals surface area contributed by atoms with E-state index >= 15 is 0 Å². The number of rotatable bonds is 11. The van der Waals surface area contributed by atoms with E-state index in [9.17, 15) is 18.3 Å². The molecule has 9 heteroatoms. The number of benzene rings is 2. The highest BCUT2D eigenvalue weighted by Gasteiger charge is 2.23. The number of carbonyl (C=O) groups excluding carboxylic acids is 1. The second kappa shape index (κ2) is 11.5. The SMILES string of the molecule is COCOc1cc(OC)c(C(=O)C=Cc2ccc(NS(C)(=O)=O)cc2)c(O)c1CC=C(C)C. The summed E-state index contributed by atoms with van der Waals surface area (Å²) in [5, 5.41) is 11.0. The van der Waals surface area contributed by atoms with Crippen LogP contribution in [0.1, 0.15) is 35.3 Å². The van der Waals surface area contributed by atoms with E-state index in [2.05, 4.69) is 4.72 Å². The molecule has 0 fully saturated rings. The molecule has 0 saturated carbocycles. The van der Waals surface area contributed by atoms with Crippen LogP contribution in [0.25, 0.3) is 6.08 Å². The summed E-state index contributed by atoms with van der Waals surface area (Å²) in [5.74, 6) is -0.153. The third kappa shape index (κ3) is 7.65. The first-order valence-corrected chi connectivity index (χ1v) is 11.9. The first kappa shape index (κ1) is 26.0. The molecule has 2 aromatic carbocycles. The molecule has 0 heterocycles. The number of phenols is 1. The smallest absolute Gasteiger partial charge is 0.229 e. The lowest BCUT2D eigenvalue weighted by Gasteiger charge is -2.17. The maximum atomic E-state index is 13.0. The van der Waals surface area contributed by atoms with Crippen molar-refractivity contribution in [1.29, 1.82) is 0 Å². The van der Waals surface area contributed by atoms with Gasteiger partial charge in [0.2, 0.25) is 10.0 Å². The molecule has 33 heavy (non-hydrogen) atoms. The van der Waals surface area contributed by atoms with E-state index in [1.807, 2.05) is 19.9 Å². The predicted octanol–water partition coefficient (Wildman–Crippen LogP) is 4.16. The number of phenolic OH excluding ortho intramolecular Hbond substituents is 1. The van der Waals surface area contributed by atoms with Crippen molar-refractivity contribution in [3.8, 4) is 17.2 Å². The van der Waals surface area contributed by atoms with Crippen molar-refractivity contribution >= 4 is 27.6 Å². The summed E-state index contributed by atoms with van der Waals surface area (Å²) >= 11 is 0. The summed E-state index contributed by atoms with van der Waals surface area (Å²) in [4.78, 5) is 13.0. The van der Waals surface area contributed by atoms with E-state index in [1.54, 1.807) is 36.4 Å². The van der Waals surface area contributed by atoms with Gasteiger partial charge in [0, 0.05) is 24.4 Å². The molecule has 0 radical (unpaired) electrons. The lowest BCUT2D eigenvalue weighted by Crippen LogP contribution is -2.09. The van der Waals surface area contributed by atoms with Crippen LogP contribution < -0.4 is 14.2 Å². The van der Waals surface area contributed by atoms with Gasteiger partial charge in [0.1, 0.15) is 22.8 Å². The molecule has 0 spiro atoms. The van der Waals surface area contributed by atoms with Gasteiger partial charge < -0.3 is 19.3 Å². The quantitative estimate of drug-likeness (QED) is 0.217. The van der Waals surface area contributed by atoms with Crippen LogP contribution in [0.2, 0.25) is 0 Å². The number of aromatic hydroxyl groups is 1. The Kier molecular flexibility index (Phi) is 9.07. The van der Waals surface area contributed by atoms with Gasteiger partial charge in [0.15, 0.2) is 12.6 Å². The molecule has 0 unspecified atom stereocenters. The largest absolute Gasteiger partial charge is 0.507 e. The summed E-state index contributed by atoms with van der Waals surface area (Å²) in [6, 6.07) is 8.05. The van der Waals surface area contributed by atoms with Crippen molar-refractivity contribution in [2.75, 3.05) is 32.0 Å². The van der Waals surface area contributed by atoms with Crippen LogP contribution in [-0.2, 0) is 21.2 Å². The minimum absolute atomic E-state index is 0.0195. The average molecular weight is 476 g/mol. The van der Waals surface area contributed by atoms with E-state index in [-0.39, 0.29) is 23.9 Å². The number of anilines is 1. The van der Waals surface area contributed by atoms with Gasteiger partial charge in [0.25, 0.3) is 0 Å². The molecular weight excluding hydrogens is 446 g/mol. The van der Waals surface area contributed by atoms with Crippen molar-refractivity contribution < 1.29 is 32.5 Å². The van der Waals surface area contributed by atoms with Gasteiger partial charge in [-0.1, -0.05) is 29.9 Å². The van der Waals surface area contributed by atoms with E-state index in [0.29, 0.717) is 29.0 Å². The molecule has 0 aliphatic heterocycles. The minimum Gasteiger partial charge on any atom is -0.507 e. The Morgan fingerprint density at radius 2 is 1.79 bits per heavy atom. The van der Waals surface area contributed by atoms with Gasteiger partial charge in [-0.2, -0.15) is 0 Å². The zero-order valence-corrected chi connectivity index (χ0v) is 20.2. The highest BCUT2D eigenvalue weighted by molar-refractivity contribution is 7.92. The number of hydrogen-bond acceptors (Lipinski definition) is 7. The number of ketones is 1. The van der Waals surface area contributed by atoms with E-state index in [1.165, 1.54) is 20.3 Å². The van der Waals surface area contributed by atoms with Crippen LogP contribution in [0.15, 0.2) is 48.1 Å². The predicted molar refractivity (Wildman–Crippen MR) is 129 cm³/mol. The lowest BCUT2D eigenvalue weighted by atomic mass is 9.99. The normalized spacial score (nSPS) is 11.3. The molecule has 0 aromatic heterocycles.